The van der Waals surface area contributed by atoms with E-state index in [9.17, 15) is 9.59 Å². The van der Waals surface area contributed by atoms with Crippen molar-refractivity contribution in [1.82, 2.24) is 4.98 Å². The summed E-state index contributed by atoms with van der Waals surface area (Å²) in [5.74, 6) is -0.634. The van der Waals surface area contributed by atoms with Crippen LogP contribution in [0.5, 0.6) is 0 Å². The van der Waals surface area contributed by atoms with Crippen LogP contribution < -0.4 is 10.6 Å². The van der Waals surface area contributed by atoms with Crippen molar-refractivity contribution in [1.29, 1.82) is 0 Å². The Labute approximate surface area is 110 Å². The van der Waals surface area contributed by atoms with Crippen molar-refractivity contribution < 1.29 is 19.1 Å². The summed E-state index contributed by atoms with van der Waals surface area (Å²) in [7, 11) is 0. The fourth-order valence-electron chi connectivity index (χ4n) is 1.78. The third kappa shape index (κ3) is 2.82. The number of aromatic nitrogens is 1. The van der Waals surface area contributed by atoms with E-state index in [1.54, 1.807) is 6.92 Å². The van der Waals surface area contributed by atoms with Gasteiger partial charge in [-0.25, -0.2) is 9.78 Å². The molecule has 1 saturated heterocycles. The summed E-state index contributed by atoms with van der Waals surface area (Å²) in [5.41, 5.74) is 6.33. The van der Waals surface area contributed by atoms with Gasteiger partial charge in [0.05, 0.1) is 25.1 Å². The van der Waals surface area contributed by atoms with E-state index in [4.69, 9.17) is 15.2 Å². The van der Waals surface area contributed by atoms with Crippen LogP contribution >= 0.6 is 0 Å². The topological polar surface area (TPSA) is 94.7 Å². The van der Waals surface area contributed by atoms with Crippen molar-refractivity contribution in [2.75, 3.05) is 37.0 Å². The normalized spacial score (nSPS) is 15.4. The van der Waals surface area contributed by atoms with Gasteiger partial charge in [0.25, 0.3) is 5.91 Å². The molecule has 0 bridgehead atoms. The van der Waals surface area contributed by atoms with Gasteiger partial charge in [-0.2, -0.15) is 0 Å². The number of hydrogen-bond acceptors (Lipinski definition) is 6. The van der Waals surface area contributed by atoms with Crippen molar-refractivity contribution in [2.45, 2.75) is 6.92 Å². The fourth-order valence-corrected chi connectivity index (χ4v) is 1.78. The first-order valence-electron chi connectivity index (χ1n) is 5.94. The molecule has 0 aliphatic carbocycles. The maximum absolute atomic E-state index is 11.7. The van der Waals surface area contributed by atoms with E-state index in [2.05, 4.69) is 4.98 Å². The number of hydrogen-bond donors (Lipinski definition) is 1. The summed E-state index contributed by atoms with van der Waals surface area (Å²) < 4.78 is 9.94. The zero-order chi connectivity index (χ0) is 13.8. The van der Waals surface area contributed by atoms with E-state index in [0.717, 1.165) is 0 Å². The van der Waals surface area contributed by atoms with Crippen LogP contribution in [0.15, 0.2) is 12.3 Å². The molecule has 0 saturated carbocycles. The number of rotatable bonds is 3. The predicted molar refractivity (Wildman–Crippen MR) is 67.8 cm³/mol. The van der Waals surface area contributed by atoms with Gasteiger partial charge in [-0.1, -0.05) is 0 Å². The van der Waals surface area contributed by atoms with E-state index in [1.165, 1.54) is 17.2 Å². The third-order valence-corrected chi connectivity index (χ3v) is 2.70. The molecule has 2 heterocycles. The Morgan fingerprint density at radius 1 is 1.63 bits per heavy atom. The van der Waals surface area contributed by atoms with Gasteiger partial charge in [-0.15, -0.1) is 0 Å². The molecule has 1 aromatic rings. The molecule has 0 spiro atoms. The number of ether oxygens (including phenoxy) is 2. The van der Waals surface area contributed by atoms with E-state index < -0.39 is 5.97 Å². The van der Waals surface area contributed by atoms with E-state index in [-0.39, 0.29) is 30.5 Å². The Balaban J connectivity index is 2.29. The van der Waals surface area contributed by atoms with Crippen molar-refractivity contribution >= 4 is 23.4 Å². The number of esters is 1. The van der Waals surface area contributed by atoms with Gasteiger partial charge >= 0.3 is 5.97 Å². The first kappa shape index (κ1) is 13.3. The molecule has 0 radical (unpaired) electrons. The van der Waals surface area contributed by atoms with Crippen LogP contribution in [0.2, 0.25) is 0 Å². The number of amides is 1. The van der Waals surface area contributed by atoms with Gasteiger partial charge < -0.3 is 20.1 Å². The van der Waals surface area contributed by atoms with Gasteiger partial charge in [0.2, 0.25) is 0 Å². The maximum atomic E-state index is 11.7. The van der Waals surface area contributed by atoms with Crippen LogP contribution in [0.3, 0.4) is 0 Å². The zero-order valence-corrected chi connectivity index (χ0v) is 10.6. The Bertz CT molecular complexity index is 504. The molecule has 19 heavy (non-hydrogen) atoms. The molecule has 1 fully saturated rings. The van der Waals surface area contributed by atoms with Crippen LogP contribution in [-0.4, -0.2) is 43.2 Å². The molecular formula is C12H15N3O4. The van der Waals surface area contributed by atoms with Gasteiger partial charge in [-0.05, 0) is 13.0 Å². The second-order valence-corrected chi connectivity index (χ2v) is 3.94. The van der Waals surface area contributed by atoms with Crippen LogP contribution in [-0.2, 0) is 14.3 Å². The van der Waals surface area contributed by atoms with Crippen LogP contribution in [0.25, 0.3) is 0 Å². The Morgan fingerprint density at radius 3 is 3.11 bits per heavy atom. The quantitative estimate of drug-likeness (QED) is 0.785. The largest absolute Gasteiger partial charge is 0.462 e. The minimum absolute atomic E-state index is 0.0269. The summed E-state index contributed by atoms with van der Waals surface area (Å²) in [5, 5.41) is 0. The first-order chi connectivity index (χ1) is 9.13. The smallest absolute Gasteiger partial charge is 0.341 e. The van der Waals surface area contributed by atoms with Crippen LogP contribution in [0, 0.1) is 0 Å². The number of carbonyl (C=O) groups is 2. The molecule has 0 atom stereocenters. The number of nitrogen functional groups attached to an aromatic ring is 1. The number of nitrogens with two attached hydrogens (primary N) is 1. The average Bonchev–Trinajstić information content (AvgIpc) is 2.40. The number of anilines is 2. The lowest BCUT2D eigenvalue weighted by Crippen LogP contribution is -2.41. The monoisotopic (exact) mass is 265 g/mol. The summed E-state index contributed by atoms with van der Waals surface area (Å²) in [6.07, 6.45) is 1.46. The molecule has 1 aromatic heterocycles. The lowest BCUT2D eigenvalue weighted by molar-refractivity contribution is -0.125. The van der Waals surface area contributed by atoms with Crippen LogP contribution in [0.4, 0.5) is 11.5 Å². The molecule has 2 N–H and O–H groups in total. The lowest BCUT2D eigenvalue weighted by Gasteiger charge is -2.26. The van der Waals surface area contributed by atoms with Crippen molar-refractivity contribution in [3.8, 4) is 0 Å². The van der Waals surface area contributed by atoms with Gasteiger partial charge in [0, 0.05) is 6.54 Å². The molecule has 0 unspecified atom stereocenters. The Hall–Kier alpha value is -2.15. The first-order valence-corrected chi connectivity index (χ1v) is 5.94. The molecule has 1 amide bonds. The van der Waals surface area contributed by atoms with Gasteiger partial charge in [-0.3, -0.25) is 4.79 Å². The van der Waals surface area contributed by atoms with Crippen molar-refractivity contribution in [3.05, 3.63) is 17.8 Å². The second-order valence-electron chi connectivity index (χ2n) is 3.94. The lowest BCUT2D eigenvalue weighted by atomic mass is 10.2. The maximum Gasteiger partial charge on any atom is 0.341 e. The Morgan fingerprint density at radius 2 is 2.42 bits per heavy atom. The van der Waals surface area contributed by atoms with E-state index in [0.29, 0.717) is 18.8 Å². The highest BCUT2D eigenvalue weighted by atomic mass is 16.5. The zero-order valence-electron chi connectivity index (χ0n) is 10.6. The molecule has 2 rings (SSSR count). The van der Waals surface area contributed by atoms with Crippen molar-refractivity contribution in [2.24, 2.45) is 0 Å². The minimum Gasteiger partial charge on any atom is -0.462 e. The molecular weight excluding hydrogens is 250 g/mol. The number of carbonyl (C=O) groups excluding carboxylic acids is 2. The highest BCUT2D eigenvalue weighted by molar-refractivity contribution is 5.98. The average molecular weight is 265 g/mol. The highest BCUT2D eigenvalue weighted by Crippen LogP contribution is 2.21. The summed E-state index contributed by atoms with van der Waals surface area (Å²) in [6.45, 7) is 2.85. The van der Waals surface area contributed by atoms with Crippen molar-refractivity contribution in [3.63, 3.8) is 0 Å². The fraction of sp³-hybridized carbons (Fsp3) is 0.417. The SMILES string of the molecule is CCOC(=O)c1cc(N2CCOCC2=O)cnc1N. The predicted octanol–water partition coefficient (Wildman–Crippen LogP) is 0.204. The summed E-state index contributed by atoms with van der Waals surface area (Å²) >= 11 is 0. The summed E-state index contributed by atoms with van der Waals surface area (Å²) in [6, 6.07) is 1.52. The third-order valence-electron chi connectivity index (χ3n) is 2.70. The minimum atomic E-state index is -0.546. The standard InChI is InChI=1S/C12H15N3O4/c1-2-19-12(17)9-5-8(6-14-11(9)13)15-3-4-18-7-10(15)16/h5-6H,2-4,7H2,1H3,(H2,13,14). The molecule has 7 nitrogen and oxygen atoms in total. The number of morpholine rings is 1. The van der Waals surface area contributed by atoms with Gasteiger partial charge in [0.1, 0.15) is 18.0 Å². The molecule has 1 aliphatic rings. The molecule has 0 aromatic carbocycles. The van der Waals surface area contributed by atoms with E-state index >= 15 is 0 Å². The Kier molecular flexibility index (Phi) is 3.96. The molecule has 7 heteroatoms. The van der Waals surface area contributed by atoms with E-state index in [1.807, 2.05) is 0 Å². The second kappa shape index (κ2) is 5.66. The number of nitrogens with zero attached hydrogens (tertiary/aromatic N) is 2. The number of pyridine rings is 1. The molecule has 1 aliphatic heterocycles. The molecule has 102 valence electrons. The van der Waals surface area contributed by atoms with Gasteiger partial charge in [0.15, 0.2) is 0 Å². The van der Waals surface area contributed by atoms with Crippen LogP contribution in [0.1, 0.15) is 17.3 Å². The highest BCUT2D eigenvalue weighted by Gasteiger charge is 2.22. The summed E-state index contributed by atoms with van der Waals surface area (Å²) in [4.78, 5) is 28.9.